The van der Waals surface area contributed by atoms with Gasteiger partial charge in [-0.3, -0.25) is 4.79 Å². The van der Waals surface area contributed by atoms with Crippen molar-refractivity contribution in [3.8, 4) is 0 Å². The highest BCUT2D eigenvalue weighted by molar-refractivity contribution is 6.40. The van der Waals surface area contributed by atoms with E-state index in [1.165, 1.54) is 57.8 Å². The summed E-state index contributed by atoms with van der Waals surface area (Å²) in [7, 11) is 0. The van der Waals surface area contributed by atoms with Crippen LogP contribution in [-0.2, 0) is 4.79 Å². The lowest BCUT2D eigenvalue weighted by molar-refractivity contribution is -0.127. The van der Waals surface area contributed by atoms with Gasteiger partial charge in [0, 0.05) is 12.8 Å². The molecule has 8 atom stereocenters. The Morgan fingerprint density at radius 2 is 1.73 bits per heavy atom. The Bertz CT molecular complexity index is 684. The molecule has 0 radical (unpaired) electrons. The van der Waals surface area contributed by atoms with E-state index in [1.807, 2.05) is 0 Å². The van der Waals surface area contributed by atoms with Crippen molar-refractivity contribution < 1.29 is 10.0 Å². The van der Waals surface area contributed by atoms with Gasteiger partial charge in [-0.15, -0.1) is 0 Å². The standard InChI is InChI=1S/C27H45NO2/c1-17(2)7-6-8-18(3)21-11-12-22-20-10-9-19-15-25(29)24(28-30)16-27(19,5)23(20)13-14-26(21,22)4/h17-23,30H,6-16H2,1-5H3/b28-24+/t18-,19?,20?,21-,22?,23?,26-,27+/m1/s1. The summed E-state index contributed by atoms with van der Waals surface area (Å²) in [5.41, 5.74) is 1.12. The van der Waals surface area contributed by atoms with Crippen LogP contribution in [0.4, 0.5) is 0 Å². The van der Waals surface area contributed by atoms with Gasteiger partial charge in [-0.05, 0) is 90.8 Å². The Hall–Kier alpha value is -0.860. The fourth-order valence-electron chi connectivity index (χ4n) is 9.06. The molecule has 0 aliphatic heterocycles. The first-order chi connectivity index (χ1) is 14.2. The minimum atomic E-state index is 0.0928. The number of oxime groups is 1. The Kier molecular flexibility index (Phi) is 6.14. The number of Topliss-reactive ketones (excluding diaryl/α,β-unsaturated/α-hetero) is 1. The fraction of sp³-hybridized carbons (Fsp3) is 0.926. The van der Waals surface area contributed by atoms with E-state index in [0.29, 0.717) is 35.8 Å². The maximum absolute atomic E-state index is 12.4. The molecule has 4 unspecified atom stereocenters. The molecule has 0 saturated heterocycles. The highest BCUT2D eigenvalue weighted by atomic mass is 16.4. The highest BCUT2D eigenvalue weighted by Gasteiger charge is 2.61. The van der Waals surface area contributed by atoms with Gasteiger partial charge in [-0.2, -0.15) is 0 Å². The van der Waals surface area contributed by atoms with Crippen molar-refractivity contribution in [3.05, 3.63) is 0 Å². The molecule has 4 rings (SSSR count). The summed E-state index contributed by atoms with van der Waals surface area (Å²) in [4.78, 5) is 12.4. The normalized spacial score (nSPS) is 45.9. The van der Waals surface area contributed by atoms with Crippen molar-refractivity contribution in [3.63, 3.8) is 0 Å². The van der Waals surface area contributed by atoms with E-state index in [-0.39, 0.29) is 11.2 Å². The van der Waals surface area contributed by atoms with Crippen LogP contribution >= 0.6 is 0 Å². The molecule has 0 spiro atoms. The molecule has 0 aromatic carbocycles. The highest BCUT2D eigenvalue weighted by Crippen LogP contribution is 2.68. The molecule has 0 amide bonds. The number of hydrogen-bond acceptors (Lipinski definition) is 3. The van der Waals surface area contributed by atoms with E-state index in [2.05, 4.69) is 39.8 Å². The molecule has 3 heteroatoms. The predicted octanol–water partition coefficient (Wildman–Crippen LogP) is 7.12. The van der Waals surface area contributed by atoms with Crippen molar-refractivity contribution >= 4 is 11.5 Å². The molecule has 170 valence electrons. The SMILES string of the molecule is CC(C)CCC[C@@H](C)[C@H]1CCC2C3CCC4CC(=O)/C(=N/O)C[C@]4(C)C3CC[C@@]21C. The second-order valence-corrected chi connectivity index (χ2v) is 12.5. The predicted molar refractivity (Wildman–Crippen MR) is 123 cm³/mol. The third-order valence-electron chi connectivity index (χ3n) is 10.7. The zero-order chi connectivity index (χ0) is 21.7. The third kappa shape index (κ3) is 3.56. The molecule has 4 saturated carbocycles. The number of rotatable bonds is 5. The molecule has 0 aromatic rings. The average molecular weight is 416 g/mol. The van der Waals surface area contributed by atoms with Crippen LogP contribution in [0.25, 0.3) is 0 Å². The van der Waals surface area contributed by atoms with Gasteiger partial charge < -0.3 is 5.21 Å². The Morgan fingerprint density at radius 3 is 2.43 bits per heavy atom. The summed E-state index contributed by atoms with van der Waals surface area (Å²) in [5, 5.41) is 12.8. The summed E-state index contributed by atoms with van der Waals surface area (Å²) in [6.07, 6.45) is 13.5. The van der Waals surface area contributed by atoms with Crippen molar-refractivity contribution in [1.82, 2.24) is 0 Å². The Labute approximate surface area is 184 Å². The van der Waals surface area contributed by atoms with Gasteiger partial charge in [0.25, 0.3) is 0 Å². The van der Waals surface area contributed by atoms with E-state index >= 15 is 0 Å². The van der Waals surface area contributed by atoms with E-state index in [4.69, 9.17) is 0 Å². The summed E-state index contributed by atoms with van der Waals surface area (Å²) < 4.78 is 0. The minimum absolute atomic E-state index is 0.0928. The first kappa shape index (κ1) is 22.3. The van der Waals surface area contributed by atoms with Crippen LogP contribution in [0.1, 0.15) is 105 Å². The second-order valence-electron chi connectivity index (χ2n) is 12.5. The van der Waals surface area contributed by atoms with Crippen molar-refractivity contribution in [2.24, 2.45) is 57.4 Å². The first-order valence-electron chi connectivity index (χ1n) is 12.9. The smallest absolute Gasteiger partial charge is 0.180 e. The summed E-state index contributed by atoms with van der Waals surface area (Å²) >= 11 is 0. The molecule has 1 N–H and O–H groups in total. The van der Waals surface area contributed by atoms with Crippen LogP contribution in [0.2, 0.25) is 0 Å². The number of hydrogen-bond donors (Lipinski definition) is 1. The fourth-order valence-corrected chi connectivity index (χ4v) is 9.06. The van der Waals surface area contributed by atoms with Gasteiger partial charge in [0.05, 0.1) is 0 Å². The van der Waals surface area contributed by atoms with Gasteiger partial charge in [0.1, 0.15) is 5.71 Å². The lowest BCUT2D eigenvalue weighted by atomic mass is 9.44. The molecule has 0 aromatic heterocycles. The minimum Gasteiger partial charge on any atom is -0.411 e. The monoisotopic (exact) mass is 415 g/mol. The third-order valence-corrected chi connectivity index (χ3v) is 10.7. The van der Waals surface area contributed by atoms with Crippen molar-refractivity contribution in [2.45, 2.75) is 105 Å². The van der Waals surface area contributed by atoms with Crippen molar-refractivity contribution in [2.75, 3.05) is 0 Å². The Balaban J connectivity index is 1.50. The van der Waals surface area contributed by atoms with Crippen LogP contribution in [-0.4, -0.2) is 16.7 Å². The quantitative estimate of drug-likeness (QED) is 0.384. The van der Waals surface area contributed by atoms with Crippen LogP contribution in [0.15, 0.2) is 5.16 Å². The number of fused-ring (bicyclic) bond motifs is 5. The largest absolute Gasteiger partial charge is 0.411 e. The molecule has 4 aliphatic carbocycles. The van der Waals surface area contributed by atoms with Crippen LogP contribution in [0, 0.1) is 52.3 Å². The summed E-state index contributed by atoms with van der Waals surface area (Å²) in [6.45, 7) is 12.3. The number of carbonyl (C=O) groups is 1. The molecule has 0 bridgehead atoms. The first-order valence-corrected chi connectivity index (χ1v) is 12.9. The van der Waals surface area contributed by atoms with Gasteiger partial charge in [-0.25, -0.2) is 0 Å². The van der Waals surface area contributed by atoms with Gasteiger partial charge in [-0.1, -0.05) is 59.0 Å². The van der Waals surface area contributed by atoms with Gasteiger partial charge >= 0.3 is 0 Å². The lowest BCUT2D eigenvalue weighted by Crippen LogP contribution is -2.55. The molecule has 3 nitrogen and oxygen atoms in total. The van der Waals surface area contributed by atoms with E-state index in [0.717, 1.165) is 29.6 Å². The number of carbonyl (C=O) groups excluding carboxylic acids is 1. The number of nitrogens with zero attached hydrogens (tertiary/aromatic N) is 1. The molecular formula is C27H45NO2. The molecule has 0 heterocycles. The van der Waals surface area contributed by atoms with Crippen molar-refractivity contribution in [1.29, 1.82) is 0 Å². The zero-order valence-corrected chi connectivity index (χ0v) is 20.1. The van der Waals surface area contributed by atoms with Crippen LogP contribution < -0.4 is 0 Å². The maximum Gasteiger partial charge on any atom is 0.180 e. The second kappa shape index (κ2) is 8.24. The van der Waals surface area contributed by atoms with E-state index in [9.17, 15) is 10.0 Å². The molecule has 30 heavy (non-hydrogen) atoms. The van der Waals surface area contributed by atoms with Gasteiger partial charge in [0.2, 0.25) is 0 Å². The number of ketones is 1. The Morgan fingerprint density at radius 1 is 1.00 bits per heavy atom. The molecular weight excluding hydrogens is 370 g/mol. The summed E-state index contributed by atoms with van der Waals surface area (Å²) in [6, 6.07) is 0. The lowest BCUT2D eigenvalue weighted by Gasteiger charge is -2.60. The van der Waals surface area contributed by atoms with Crippen LogP contribution in [0.3, 0.4) is 0 Å². The average Bonchev–Trinajstić information content (AvgIpc) is 3.05. The topological polar surface area (TPSA) is 49.7 Å². The maximum atomic E-state index is 12.4. The van der Waals surface area contributed by atoms with Crippen LogP contribution in [0.5, 0.6) is 0 Å². The van der Waals surface area contributed by atoms with E-state index < -0.39 is 0 Å². The summed E-state index contributed by atoms with van der Waals surface area (Å²) in [5.74, 6) is 5.53. The van der Waals surface area contributed by atoms with Gasteiger partial charge in [0.15, 0.2) is 5.78 Å². The zero-order valence-electron chi connectivity index (χ0n) is 20.1. The van der Waals surface area contributed by atoms with E-state index in [1.54, 1.807) is 0 Å². The molecule has 4 aliphatic rings. The molecule has 4 fully saturated rings.